The number of carbonyl (C=O) groups is 1. The number of oxime groups is 1. The Labute approximate surface area is 166 Å². The molecular weight excluding hydrogens is 356 g/mol. The van der Waals surface area contributed by atoms with E-state index in [-0.39, 0.29) is 12.2 Å². The lowest BCUT2D eigenvalue weighted by molar-refractivity contribution is 0.0249. The molecule has 3 rings (SSSR count). The van der Waals surface area contributed by atoms with Gasteiger partial charge in [0.1, 0.15) is 11.7 Å². The Kier molecular flexibility index (Phi) is 6.20. The van der Waals surface area contributed by atoms with Gasteiger partial charge in [-0.1, -0.05) is 17.3 Å². The zero-order valence-electron chi connectivity index (χ0n) is 16.9. The van der Waals surface area contributed by atoms with Crippen LogP contribution < -0.4 is 0 Å². The molecule has 2 heterocycles. The lowest BCUT2D eigenvalue weighted by Crippen LogP contribution is -2.40. The molecule has 2 aliphatic rings. The third-order valence-corrected chi connectivity index (χ3v) is 4.78. The molecule has 7 nitrogen and oxygen atoms in total. The van der Waals surface area contributed by atoms with Crippen LogP contribution in [0.1, 0.15) is 44.7 Å². The number of nitrogens with zero attached hydrogens (tertiary/aromatic N) is 4. The molecule has 150 valence electrons. The third-order valence-electron chi connectivity index (χ3n) is 4.78. The van der Waals surface area contributed by atoms with E-state index in [9.17, 15) is 4.79 Å². The predicted octanol–water partition coefficient (Wildman–Crippen LogP) is 2.99. The van der Waals surface area contributed by atoms with E-state index in [2.05, 4.69) is 16.1 Å². The van der Waals surface area contributed by atoms with Crippen LogP contribution in [0.2, 0.25) is 0 Å². The Hall–Kier alpha value is -2.59. The molecule has 0 aromatic heterocycles. The molecule has 1 amide bonds. The Morgan fingerprint density at radius 1 is 1.25 bits per heavy atom. The number of benzene rings is 1. The summed E-state index contributed by atoms with van der Waals surface area (Å²) in [7, 11) is 0. The van der Waals surface area contributed by atoms with Crippen LogP contribution in [0.4, 0.5) is 4.79 Å². The van der Waals surface area contributed by atoms with Crippen LogP contribution >= 0.6 is 0 Å². The summed E-state index contributed by atoms with van der Waals surface area (Å²) >= 11 is 0. The first-order valence-corrected chi connectivity index (χ1v) is 9.77. The average Bonchev–Trinajstić information content (AvgIpc) is 2.98. The lowest BCUT2D eigenvalue weighted by Gasteiger charge is -2.26. The van der Waals surface area contributed by atoms with Gasteiger partial charge in [-0.25, -0.2) is 4.79 Å². The quantitative estimate of drug-likeness (QED) is 0.800. The first-order chi connectivity index (χ1) is 13.3. The lowest BCUT2D eigenvalue weighted by atomic mass is 10.0. The van der Waals surface area contributed by atoms with Crippen LogP contribution in [0.5, 0.6) is 0 Å². The Bertz CT molecular complexity index is 761. The first-order valence-electron chi connectivity index (χ1n) is 9.77. The molecule has 0 spiro atoms. The normalized spacial score (nSPS) is 20.7. The minimum atomic E-state index is -0.472. The second-order valence-electron chi connectivity index (χ2n) is 8.28. The van der Waals surface area contributed by atoms with Crippen molar-refractivity contribution in [2.24, 2.45) is 5.16 Å². The Morgan fingerprint density at radius 2 is 2.00 bits per heavy atom. The van der Waals surface area contributed by atoms with Gasteiger partial charge in [0.2, 0.25) is 0 Å². The van der Waals surface area contributed by atoms with Crippen molar-refractivity contribution >= 4 is 11.8 Å². The standard InChI is InChI=1S/C21H28N4O3/c1-21(2,3)27-20(26)25-10-4-9-24(11-12-25)15-18-13-19(23-28-18)17-7-5-16(14-22)6-8-17/h5-8,18H,4,9-13,15H2,1-3H3. The van der Waals surface area contributed by atoms with E-state index in [0.717, 1.165) is 43.8 Å². The van der Waals surface area contributed by atoms with Gasteiger partial charge in [-0.15, -0.1) is 0 Å². The number of rotatable bonds is 3. The van der Waals surface area contributed by atoms with E-state index in [1.54, 1.807) is 17.0 Å². The van der Waals surface area contributed by atoms with Crippen molar-refractivity contribution < 1.29 is 14.4 Å². The van der Waals surface area contributed by atoms with Crippen molar-refractivity contribution in [3.8, 4) is 6.07 Å². The maximum absolute atomic E-state index is 12.3. The summed E-state index contributed by atoms with van der Waals surface area (Å²) in [6, 6.07) is 9.54. The van der Waals surface area contributed by atoms with Gasteiger partial charge in [0.15, 0.2) is 0 Å². The molecule has 1 fully saturated rings. The monoisotopic (exact) mass is 384 g/mol. The van der Waals surface area contributed by atoms with Crippen LogP contribution in [-0.4, -0.2) is 66.0 Å². The van der Waals surface area contributed by atoms with Crippen molar-refractivity contribution in [3.05, 3.63) is 35.4 Å². The summed E-state index contributed by atoms with van der Waals surface area (Å²) in [6.07, 6.45) is 1.43. The Morgan fingerprint density at radius 3 is 2.68 bits per heavy atom. The largest absolute Gasteiger partial charge is 0.444 e. The van der Waals surface area contributed by atoms with E-state index in [4.69, 9.17) is 14.8 Å². The van der Waals surface area contributed by atoms with E-state index in [0.29, 0.717) is 18.7 Å². The van der Waals surface area contributed by atoms with E-state index >= 15 is 0 Å². The van der Waals surface area contributed by atoms with E-state index in [1.807, 2.05) is 32.9 Å². The highest BCUT2D eigenvalue weighted by Gasteiger charge is 2.28. The fourth-order valence-electron chi connectivity index (χ4n) is 3.38. The molecule has 0 N–H and O–H groups in total. The number of nitriles is 1. The summed E-state index contributed by atoms with van der Waals surface area (Å²) < 4.78 is 5.49. The number of hydrogen-bond acceptors (Lipinski definition) is 6. The van der Waals surface area contributed by atoms with Crippen molar-refractivity contribution in [1.29, 1.82) is 5.26 Å². The van der Waals surface area contributed by atoms with Crippen LogP contribution in [0.25, 0.3) is 0 Å². The van der Waals surface area contributed by atoms with Crippen molar-refractivity contribution in [2.45, 2.75) is 45.3 Å². The third kappa shape index (κ3) is 5.46. The predicted molar refractivity (Wildman–Crippen MR) is 106 cm³/mol. The summed E-state index contributed by atoms with van der Waals surface area (Å²) in [5.41, 5.74) is 2.08. The summed E-state index contributed by atoms with van der Waals surface area (Å²) in [5.74, 6) is 0. The van der Waals surface area contributed by atoms with Crippen LogP contribution in [0.3, 0.4) is 0 Å². The molecule has 0 saturated carbocycles. The smallest absolute Gasteiger partial charge is 0.410 e. The van der Waals surface area contributed by atoms with Crippen LogP contribution in [0, 0.1) is 11.3 Å². The molecular formula is C21H28N4O3. The number of carbonyl (C=O) groups excluding carboxylic acids is 1. The molecule has 0 radical (unpaired) electrons. The highest BCUT2D eigenvalue weighted by atomic mass is 16.6. The van der Waals surface area contributed by atoms with Crippen molar-refractivity contribution in [1.82, 2.24) is 9.80 Å². The molecule has 2 aliphatic heterocycles. The second-order valence-corrected chi connectivity index (χ2v) is 8.28. The zero-order chi connectivity index (χ0) is 20.1. The molecule has 28 heavy (non-hydrogen) atoms. The van der Waals surface area contributed by atoms with Gasteiger partial charge < -0.3 is 14.5 Å². The van der Waals surface area contributed by atoms with Crippen LogP contribution in [0.15, 0.2) is 29.4 Å². The molecule has 1 unspecified atom stereocenters. The maximum Gasteiger partial charge on any atom is 0.410 e. The zero-order valence-corrected chi connectivity index (χ0v) is 16.9. The Balaban J connectivity index is 1.48. The van der Waals surface area contributed by atoms with E-state index in [1.165, 1.54) is 0 Å². The van der Waals surface area contributed by atoms with E-state index < -0.39 is 5.60 Å². The van der Waals surface area contributed by atoms with Crippen molar-refractivity contribution in [3.63, 3.8) is 0 Å². The van der Waals surface area contributed by atoms with Crippen LogP contribution in [-0.2, 0) is 9.57 Å². The highest BCUT2D eigenvalue weighted by Crippen LogP contribution is 2.19. The van der Waals surface area contributed by atoms with Gasteiger partial charge in [0.05, 0.1) is 17.3 Å². The molecule has 0 aliphatic carbocycles. The maximum atomic E-state index is 12.3. The van der Waals surface area contributed by atoms with Gasteiger partial charge in [0, 0.05) is 39.1 Å². The topological polar surface area (TPSA) is 78.2 Å². The molecule has 1 aromatic rings. The minimum Gasteiger partial charge on any atom is -0.444 e. The van der Waals surface area contributed by atoms with Gasteiger partial charge in [0.25, 0.3) is 0 Å². The fourth-order valence-corrected chi connectivity index (χ4v) is 3.38. The molecule has 0 bridgehead atoms. The number of amides is 1. The highest BCUT2D eigenvalue weighted by molar-refractivity contribution is 6.01. The SMILES string of the molecule is CC(C)(C)OC(=O)N1CCCN(CC2CC(c3ccc(C#N)cc3)=NO2)CC1. The summed E-state index contributed by atoms with van der Waals surface area (Å²) in [4.78, 5) is 22.0. The fraction of sp³-hybridized carbons (Fsp3) is 0.571. The number of ether oxygens (including phenoxy) is 1. The molecule has 1 saturated heterocycles. The molecule has 1 atom stereocenters. The summed E-state index contributed by atoms with van der Waals surface area (Å²) in [5, 5.41) is 13.1. The average molecular weight is 384 g/mol. The van der Waals surface area contributed by atoms with Crippen molar-refractivity contribution in [2.75, 3.05) is 32.7 Å². The van der Waals surface area contributed by atoms with Gasteiger partial charge in [-0.05, 0) is 44.9 Å². The van der Waals surface area contributed by atoms with Gasteiger partial charge >= 0.3 is 6.09 Å². The number of hydrogen-bond donors (Lipinski definition) is 0. The van der Waals surface area contributed by atoms with Gasteiger partial charge in [-0.3, -0.25) is 4.90 Å². The molecule has 1 aromatic carbocycles. The minimum absolute atomic E-state index is 0.0127. The summed E-state index contributed by atoms with van der Waals surface area (Å²) in [6.45, 7) is 9.53. The molecule has 7 heteroatoms. The van der Waals surface area contributed by atoms with Gasteiger partial charge in [-0.2, -0.15) is 5.26 Å². The second kappa shape index (κ2) is 8.61. The first kappa shape index (κ1) is 20.2.